The van der Waals surface area contributed by atoms with Crippen molar-refractivity contribution >= 4 is 23.3 Å². The molecule has 0 saturated carbocycles. The predicted molar refractivity (Wildman–Crippen MR) is 106 cm³/mol. The van der Waals surface area contributed by atoms with Crippen molar-refractivity contribution in [3.8, 4) is 0 Å². The molecule has 0 rings (SSSR count). The third-order valence-electron chi connectivity index (χ3n) is 5.09. The fourth-order valence-electron chi connectivity index (χ4n) is 3.30. The van der Waals surface area contributed by atoms with Crippen molar-refractivity contribution in [2.75, 3.05) is 6.61 Å². The Bertz CT molecular complexity index is 455. The van der Waals surface area contributed by atoms with Gasteiger partial charge in [0.1, 0.15) is 36.3 Å². The van der Waals surface area contributed by atoms with Crippen LogP contribution in [0.15, 0.2) is 0 Å². The van der Waals surface area contributed by atoms with Gasteiger partial charge in [-0.1, -0.05) is 53.4 Å². The summed E-state index contributed by atoms with van der Waals surface area (Å²) in [4.78, 5) is 49.0. The number of rotatable bonds is 16. The van der Waals surface area contributed by atoms with Crippen molar-refractivity contribution in [3.05, 3.63) is 0 Å². The number of unbranched alkanes of at least 4 members (excludes halogenated alkanes) is 2. The van der Waals surface area contributed by atoms with Crippen LogP contribution in [0.25, 0.3) is 0 Å². The van der Waals surface area contributed by atoms with Gasteiger partial charge in [0.15, 0.2) is 0 Å². The number of ketones is 3. The molecule has 0 fully saturated rings. The zero-order valence-corrected chi connectivity index (χ0v) is 17.8. The SMILES string of the molecule is CCCCC(CC)C(=O)C(COC(=O)CC(C)=O)C(=O)C(CC)CCCC. The van der Waals surface area contributed by atoms with E-state index in [0.717, 1.165) is 38.5 Å². The standard InChI is InChI=1S/C22H38O5/c1-6-10-12-17(8-3)21(25)19(15-27-20(24)14-16(5)23)22(26)18(9-4)13-11-7-2/h17-19H,6-15H2,1-5H3. The molecular formula is C22H38O5. The van der Waals surface area contributed by atoms with Crippen LogP contribution >= 0.6 is 0 Å². The Hall–Kier alpha value is -1.52. The Balaban J connectivity index is 5.32. The summed E-state index contributed by atoms with van der Waals surface area (Å²) in [5.74, 6) is -2.47. The molecule has 0 amide bonds. The van der Waals surface area contributed by atoms with E-state index < -0.39 is 11.9 Å². The molecular weight excluding hydrogens is 344 g/mol. The fourth-order valence-corrected chi connectivity index (χ4v) is 3.30. The number of carbonyl (C=O) groups is 4. The molecule has 0 aliphatic rings. The fraction of sp³-hybridized carbons (Fsp3) is 0.818. The molecule has 27 heavy (non-hydrogen) atoms. The predicted octanol–water partition coefficient (Wildman–Crippen LogP) is 4.70. The molecule has 5 nitrogen and oxygen atoms in total. The Kier molecular flexibility index (Phi) is 13.7. The lowest BCUT2D eigenvalue weighted by atomic mass is 9.80. The molecule has 0 radical (unpaired) electrons. The van der Waals surface area contributed by atoms with E-state index in [0.29, 0.717) is 12.8 Å². The molecule has 5 heteroatoms. The highest BCUT2D eigenvalue weighted by atomic mass is 16.5. The van der Waals surface area contributed by atoms with E-state index in [2.05, 4.69) is 13.8 Å². The second kappa shape index (κ2) is 14.5. The van der Waals surface area contributed by atoms with Crippen molar-refractivity contribution in [2.24, 2.45) is 17.8 Å². The van der Waals surface area contributed by atoms with Gasteiger partial charge < -0.3 is 4.74 Å². The third kappa shape index (κ3) is 9.83. The van der Waals surface area contributed by atoms with Crippen molar-refractivity contribution in [3.63, 3.8) is 0 Å². The smallest absolute Gasteiger partial charge is 0.313 e. The lowest BCUT2D eigenvalue weighted by Gasteiger charge is -2.24. The van der Waals surface area contributed by atoms with E-state index in [-0.39, 0.29) is 42.2 Å². The number of hydrogen-bond donors (Lipinski definition) is 0. The zero-order valence-electron chi connectivity index (χ0n) is 17.8. The van der Waals surface area contributed by atoms with E-state index in [4.69, 9.17) is 4.74 Å². The molecule has 0 aromatic carbocycles. The summed E-state index contributed by atoms with van der Waals surface area (Å²) in [6.07, 6.45) is 6.38. The molecule has 0 bridgehead atoms. The summed E-state index contributed by atoms with van der Waals surface area (Å²) >= 11 is 0. The van der Waals surface area contributed by atoms with Crippen molar-refractivity contribution in [2.45, 2.75) is 92.4 Å². The number of hydrogen-bond acceptors (Lipinski definition) is 5. The zero-order chi connectivity index (χ0) is 20.8. The molecule has 0 heterocycles. The van der Waals surface area contributed by atoms with Crippen LogP contribution in [-0.2, 0) is 23.9 Å². The first kappa shape index (κ1) is 25.5. The van der Waals surface area contributed by atoms with Crippen LogP contribution in [0.2, 0.25) is 0 Å². The topological polar surface area (TPSA) is 77.5 Å². The highest BCUT2D eigenvalue weighted by Gasteiger charge is 2.35. The van der Waals surface area contributed by atoms with Gasteiger partial charge in [-0.3, -0.25) is 19.2 Å². The minimum Gasteiger partial charge on any atom is -0.464 e. The lowest BCUT2D eigenvalue weighted by Crippen LogP contribution is -2.37. The van der Waals surface area contributed by atoms with E-state index in [9.17, 15) is 19.2 Å². The summed E-state index contributed by atoms with van der Waals surface area (Å²) in [5.41, 5.74) is 0. The van der Waals surface area contributed by atoms with Gasteiger partial charge in [-0.15, -0.1) is 0 Å². The Labute approximate surface area is 164 Å². The second-order valence-electron chi connectivity index (χ2n) is 7.41. The van der Waals surface area contributed by atoms with Gasteiger partial charge in [0.2, 0.25) is 0 Å². The molecule has 2 atom stereocenters. The quantitative estimate of drug-likeness (QED) is 0.286. The van der Waals surface area contributed by atoms with Gasteiger partial charge in [0.05, 0.1) is 0 Å². The van der Waals surface area contributed by atoms with E-state index in [1.807, 2.05) is 13.8 Å². The molecule has 0 N–H and O–H groups in total. The number of ether oxygens (including phenoxy) is 1. The van der Waals surface area contributed by atoms with Gasteiger partial charge in [0.25, 0.3) is 0 Å². The third-order valence-corrected chi connectivity index (χ3v) is 5.09. The number of esters is 1. The molecule has 0 aliphatic heterocycles. The Morgan fingerprint density at radius 1 is 0.778 bits per heavy atom. The lowest BCUT2D eigenvalue weighted by molar-refractivity contribution is -0.150. The first-order valence-electron chi connectivity index (χ1n) is 10.5. The van der Waals surface area contributed by atoms with Crippen LogP contribution in [-0.4, -0.2) is 29.9 Å². The highest BCUT2D eigenvalue weighted by Crippen LogP contribution is 2.25. The van der Waals surface area contributed by atoms with E-state index >= 15 is 0 Å². The van der Waals surface area contributed by atoms with Crippen LogP contribution in [0.4, 0.5) is 0 Å². The van der Waals surface area contributed by atoms with Crippen molar-refractivity contribution in [1.29, 1.82) is 0 Å². The first-order chi connectivity index (χ1) is 12.8. The van der Waals surface area contributed by atoms with Crippen LogP contribution in [0.3, 0.4) is 0 Å². The maximum atomic E-state index is 13.1. The molecule has 0 aromatic rings. The summed E-state index contributed by atoms with van der Waals surface area (Å²) in [5, 5.41) is 0. The van der Waals surface area contributed by atoms with Crippen molar-refractivity contribution < 1.29 is 23.9 Å². The monoisotopic (exact) mass is 382 g/mol. The van der Waals surface area contributed by atoms with Gasteiger partial charge >= 0.3 is 5.97 Å². The Morgan fingerprint density at radius 3 is 1.56 bits per heavy atom. The summed E-state index contributed by atoms with van der Waals surface area (Å²) in [7, 11) is 0. The second-order valence-corrected chi connectivity index (χ2v) is 7.41. The van der Waals surface area contributed by atoms with Crippen LogP contribution < -0.4 is 0 Å². The van der Waals surface area contributed by atoms with E-state index in [1.54, 1.807) is 0 Å². The average Bonchev–Trinajstić information content (AvgIpc) is 2.62. The summed E-state index contributed by atoms with van der Waals surface area (Å²) in [6, 6.07) is 0. The normalized spacial score (nSPS) is 14.3. The first-order valence-corrected chi connectivity index (χ1v) is 10.5. The Morgan fingerprint density at radius 2 is 1.22 bits per heavy atom. The molecule has 0 aliphatic carbocycles. The number of carbonyl (C=O) groups excluding carboxylic acids is 4. The van der Waals surface area contributed by atoms with Crippen molar-refractivity contribution in [1.82, 2.24) is 0 Å². The average molecular weight is 383 g/mol. The summed E-state index contributed by atoms with van der Waals surface area (Å²) in [6.45, 7) is 9.12. The molecule has 0 aromatic heterocycles. The molecule has 0 saturated heterocycles. The van der Waals surface area contributed by atoms with Gasteiger partial charge in [0, 0.05) is 11.8 Å². The molecule has 0 spiro atoms. The van der Waals surface area contributed by atoms with Gasteiger partial charge in [-0.05, 0) is 32.6 Å². The van der Waals surface area contributed by atoms with Crippen LogP contribution in [0.1, 0.15) is 92.4 Å². The molecule has 156 valence electrons. The highest BCUT2D eigenvalue weighted by molar-refractivity contribution is 6.04. The van der Waals surface area contributed by atoms with Gasteiger partial charge in [-0.2, -0.15) is 0 Å². The maximum Gasteiger partial charge on any atom is 0.313 e. The largest absolute Gasteiger partial charge is 0.464 e. The summed E-state index contributed by atoms with van der Waals surface area (Å²) < 4.78 is 5.15. The minimum absolute atomic E-state index is 0.110. The van der Waals surface area contributed by atoms with Crippen LogP contribution in [0.5, 0.6) is 0 Å². The minimum atomic E-state index is -0.912. The van der Waals surface area contributed by atoms with Crippen LogP contribution in [0, 0.1) is 17.8 Å². The van der Waals surface area contributed by atoms with E-state index in [1.165, 1.54) is 6.92 Å². The number of Topliss-reactive ketones (excluding diaryl/α,β-unsaturated/α-hetero) is 3. The maximum absolute atomic E-state index is 13.1. The van der Waals surface area contributed by atoms with Gasteiger partial charge in [-0.25, -0.2) is 0 Å². The molecule has 2 unspecified atom stereocenters.